The minimum Gasteiger partial charge on any atom is -0.478 e. The fourth-order valence-electron chi connectivity index (χ4n) is 4.27. The summed E-state index contributed by atoms with van der Waals surface area (Å²) in [5, 5.41) is 0.105. The van der Waals surface area contributed by atoms with Crippen molar-refractivity contribution in [2.24, 2.45) is 0 Å². The predicted molar refractivity (Wildman–Crippen MR) is 108 cm³/mol. The topological polar surface area (TPSA) is 51.9 Å². The van der Waals surface area contributed by atoms with E-state index in [0.717, 1.165) is 12.8 Å². The zero-order valence-corrected chi connectivity index (χ0v) is 16.6. The van der Waals surface area contributed by atoms with Crippen molar-refractivity contribution < 1.29 is 27.1 Å². The second-order valence-corrected chi connectivity index (χ2v) is 7.84. The molecule has 0 bridgehead atoms. The van der Waals surface area contributed by atoms with Gasteiger partial charge in [0.25, 0.3) is 0 Å². The van der Waals surface area contributed by atoms with Crippen LogP contribution in [0.3, 0.4) is 0 Å². The van der Waals surface area contributed by atoms with Crippen LogP contribution in [0, 0.1) is 0 Å². The van der Waals surface area contributed by atoms with Gasteiger partial charge in [0.2, 0.25) is 11.2 Å². The lowest BCUT2D eigenvalue weighted by molar-refractivity contribution is -0.152. The molecule has 1 atom stereocenters. The number of alkyl halides is 3. The lowest BCUT2D eigenvalue weighted by Crippen LogP contribution is -2.37. The summed E-state index contributed by atoms with van der Waals surface area (Å²) in [5.74, 6) is -0.860. The highest BCUT2D eigenvalue weighted by Gasteiger charge is 2.40. The molecule has 3 heterocycles. The Hall–Kier alpha value is -2.84. The van der Waals surface area contributed by atoms with Gasteiger partial charge in [-0.05, 0) is 30.5 Å². The zero-order chi connectivity index (χ0) is 21.6. The van der Waals surface area contributed by atoms with Crippen LogP contribution >= 0.6 is 0 Å². The molecule has 5 nitrogen and oxygen atoms in total. The molecule has 31 heavy (non-hydrogen) atoms. The molecule has 1 aromatic heterocycles. The second kappa shape index (κ2) is 7.69. The van der Waals surface area contributed by atoms with Crippen LogP contribution in [-0.4, -0.2) is 30.9 Å². The number of rotatable bonds is 3. The fraction of sp³-hybridized carbons (Fsp3) is 0.348. The first-order chi connectivity index (χ1) is 14.9. The molecular weight excluding hydrogens is 411 g/mol. The van der Waals surface area contributed by atoms with Crippen LogP contribution in [0.4, 0.5) is 13.2 Å². The SMILES string of the molecule is O=c1c(-c2ccccc2)c(C(F)(F)F)oc2c3c(ccc12)OCN(CC1CCCO1)C3. The summed E-state index contributed by atoms with van der Waals surface area (Å²) in [6.07, 6.45) is -2.83. The Morgan fingerprint density at radius 1 is 1.10 bits per heavy atom. The van der Waals surface area contributed by atoms with Gasteiger partial charge in [0.05, 0.1) is 22.6 Å². The van der Waals surface area contributed by atoms with Crippen LogP contribution in [0.25, 0.3) is 22.1 Å². The van der Waals surface area contributed by atoms with E-state index in [4.69, 9.17) is 13.9 Å². The van der Waals surface area contributed by atoms with Gasteiger partial charge < -0.3 is 13.9 Å². The highest BCUT2D eigenvalue weighted by molar-refractivity contribution is 5.87. The summed E-state index contributed by atoms with van der Waals surface area (Å²) in [7, 11) is 0. The molecule has 3 aromatic rings. The van der Waals surface area contributed by atoms with Gasteiger partial charge in [-0.2, -0.15) is 13.2 Å². The van der Waals surface area contributed by atoms with Crippen LogP contribution < -0.4 is 10.2 Å². The maximum Gasteiger partial charge on any atom is 0.450 e. The zero-order valence-electron chi connectivity index (χ0n) is 16.6. The Morgan fingerprint density at radius 3 is 2.61 bits per heavy atom. The third kappa shape index (κ3) is 3.70. The quantitative estimate of drug-likeness (QED) is 0.596. The van der Waals surface area contributed by atoms with Crippen LogP contribution in [0.15, 0.2) is 51.7 Å². The minimum absolute atomic E-state index is 0.0718. The van der Waals surface area contributed by atoms with E-state index in [2.05, 4.69) is 0 Å². The number of halogens is 3. The van der Waals surface area contributed by atoms with E-state index >= 15 is 0 Å². The van der Waals surface area contributed by atoms with Gasteiger partial charge in [0, 0.05) is 19.7 Å². The first kappa shape index (κ1) is 20.1. The van der Waals surface area contributed by atoms with Crippen LogP contribution in [0.1, 0.15) is 24.2 Å². The smallest absolute Gasteiger partial charge is 0.450 e. The van der Waals surface area contributed by atoms with E-state index in [9.17, 15) is 18.0 Å². The predicted octanol–water partition coefficient (Wildman–Crippen LogP) is 4.81. The molecule has 1 saturated heterocycles. The molecule has 5 rings (SSSR count). The van der Waals surface area contributed by atoms with Gasteiger partial charge in [-0.15, -0.1) is 0 Å². The van der Waals surface area contributed by atoms with Gasteiger partial charge in [0.1, 0.15) is 18.1 Å². The molecule has 0 radical (unpaired) electrons. The van der Waals surface area contributed by atoms with E-state index in [1.807, 2.05) is 4.90 Å². The first-order valence-corrected chi connectivity index (χ1v) is 10.1. The Labute approximate surface area is 176 Å². The number of fused-ring (bicyclic) bond motifs is 3. The van der Waals surface area contributed by atoms with Crippen molar-refractivity contribution in [3.05, 3.63) is 64.0 Å². The molecule has 0 amide bonds. The highest BCUT2D eigenvalue weighted by atomic mass is 19.4. The lowest BCUT2D eigenvalue weighted by Gasteiger charge is -2.31. The fourth-order valence-corrected chi connectivity index (χ4v) is 4.27. The first-order valence-electron chi connectivity index (χ1n) is 10.1. The maximum absolute atomic E-state index is 13.9. The van der Waals surface area contributed by atoms with Crippen LogP contribution in [0.2, 0.25) is 0 Å². The molecule has 0 saturated carbocycles. The minimum atomic E-state index is -4.83. The number of nitrogens with zero attached hydrogens (tertiary/aromatic N) is 1. The van der Waals surface area contributed by atoms with Crippen LogP contribution in [0.5, 0.6) is 5.75 Å². The summed E-state index contributed by atoms with van der Waals surface area (Å²) in [4.78, 5) is 15.2. The Morgan fingerprint density at radius 2 is 1.90 bits per heavy atom. The van der Waals surface area contributed by atoms with E-state index in [0.29, 0.717) is 37.7 Å². The summed E-state index contributed by atoms with van der Waals surface area (Å²) in [6, 6.07) is 10.9. The summed E-state index contributed by atoms with van der Waals surface area (Å²) >= 11 is 0. The average Bonchev–Trinajstić information content (AvgIpc) is 3.26. The Balaban J connectivity index is 1.65. The van der Waals surface area contributed by atoms with Crippen LogP contribution in [-0.2, 0) is 17.5 Å². The van der Waals surface area contributed by atoms with Gasteiger partial charge in [-0.1, -0.05) is 30.3 Å². The molecule has 1 unspecified atom stereocenters. The molecule has 2 aliphatic rings. The molecule has 0 spiro atoms. The van der Waals surface area contributed by atoms with Crippen molar-refractivity contribution in [3.8, 4) is 16.9 Å². The van der Waals surface area contributed by atoms with Gasteiger partial charge >= 0.3 is 6.18 Å². The standard InChI is InChI=1S/C23H20F3NO4/c24-23(25,26)22-19(14-5-2-1-3-6-14)20(28)16-8-9-18-17(21(16)31-22)12-27(13-30-18)11-15-7-4-10-29-15/h1-3,5-6,8-9,15H,4,7,10-13H2. The average molecular weight is 431 g/mol. The Kier molecular flexibility index (Phi) is 4.98. The van der Waals surface area contributed by atoms with E-state index < -0.39 is 22.9 Å². The second-order valence-electron chi connectivity index (χ2n) is 7.84. The summed E-state index contributed by atoms with van der Waals surface area (Å²) < 4.78 is 58.7. The van der Waals surface area contributed by atoms with Crippen molar-refractivity contribution >= 4 is 11.0 Å². The van der Waals surface area contributed by atoms with Crippen molar-refractivity contribution in [3.63, 3.8) is 0 Å². The lowest BCUT2D eigenvalue weighted by atomic mass is 10.00. The van der Waals surface area contributed by atoms with Crippen molar-refractivity contribution in [2.75, 3.05) is 19.9 Å². The molecule has 2 aromatic carbocycles. The van der Waals surface area contributed by atoms with Crippen molar-refractivity contribution in [1.29, 1.82) is 0 Å². The normalized spacial score (nSPS) is 19.4. The number of ether oxygens (including phenoxy) is 2. The third-order valence-corrected chi connectivity index (χ3v) is 5.71. The van der Waals surface area contributed by atoms with Gasteiger partial charge in [-0.3, -0.25) is 9.69 Å². The van der Waals surface area contributed by atoms with Gasteiger partial charge in [0.15, 0.2) is 0 Å². The largest absolute Gasteiger partial charge is 0.478 e. The Bertz CT molecular complexity index is 1170. The molecular formula is C23H20F3NO4. The van der Waals surface area contributed by atoms with E-state index in [1.54, 1.807) is 24.3 Å². The third-order valence-electron chi connectivity index (χ3n) is 5.71. The van der Waals surface area contributed by atoms with Crippen molar-refractivity contribution in [1.82, 2.24) is 4.90 Å². The number of hydrogen-bond donors (Lipinski definition) is 0. The van der Waals surface area contributed by atoms with Gasteiger partial charge in [-0.25, -0.2) is 0 Å². The van der Waals surface area contributed by atoms with E-state index in [-0.39, 0.29) is 22.6 Å². The van der Waals surface area contributed by atoms with E-state index in [1.165, 1.54) is 18.2 Å². The summed E-state index contributed by atoms with van der Waals surface area (Å²) in [5.41, 5.74) is -0.651. The molecule has 0 aliphatic carbocycles. The molecule has 2 aliphatic heterocycles. The summed E-state index contributed by atoms with van der Waals surface area (Å²) in [6.45, 7) is 1.94. The highest BCUT2D eigenvalue weighted by Crippen LogP contribution is 2.40. The molecule has 8 heteroatoms. The number of hydrogen-bond acceptors (Lipinski definition) is 5. The maximum atomic E-state index is 13.9. The number of benzene rings is 2. The molecule has 0 N–H and O–H groups in total. The van der Waals surface area contributed by atoms with Crippen molar-refractivity contribution in [2.45, 2.75) is 31.7 Å². The monoisotopic (exact) mass is 431 g/mol. The molecule has 162 valence electrons. The molecule has 1 fully saturated rings.